The first-order valence-corrected chi connectivity index (χ1v) is 7.03. The molecule has 0 fully saturated rings. The van der Waals surface area contributed by atoms with Crippen LogP contribution in [-0.4, -0.2) is 14.7 Å². The molecule has 0 saturated carbocycles. The minimum Gasteiger partial charge on any atom is -0.314 e. The van der Waals surface area contributed by atoms with Gasteiger partial charge in [-0.3, -0.25) is 0 Å². The van der Waals surface area contributed by atoms with E-state index < -0.39 is 7.82 Å². The van der Waals surface area contributed by atoms with E-state index in [1.54, 1.807) is 5.92 Å². The molecule has 3 N–H and O–H groups in total. The molecule has 0 aliphatic heterocycles. The fraction of sp³-hybridized carbons (Fsp3) is 0.900. The largest absolute Gasteiger partial charge is 1.00 e. The molecular formula is C10H24NaO4P. The summed E-state index contributed by atoms with van der Waals surface area (Å²) in [5.41, 5.74) is 0. The van der Waals surface area contributed by atoms with Crippen molar-refractivity contribution in [1.82, 2.24) is 0 Å². The van der Waals surface area contributed by atoms with E-state index in [1.807, 2.05) is 0 Å². The predicted molar refractivity (Wildman–Crippen MR) is 62.2 cm³/mol. The molecule has 0 aromatic rings. The fourth-order valence-corrected chi connectivity index (χ4v) is 1.23. The topological polar surface area (TPSA) is 77.8 Å². The van der Waals surface area contributed by atoms with Gasteiger partial charge in [-0.05, 0) is 0 Å². The minimum absolute atomic E-state index is 0. The standard InChI is InChI=1S/C10H21.Na.H3O4P/c1-4-7-8-9-10(5-2)6-3;;1-5(2,3)4/h4-9H2,1-3H3;;(H3,1,2,3,4)/q-1;+1;. The quantitative estimate of drug-likeness (QED) is 0.273. The van der Waals surface area contributed by atoms with Crippen molar-refractivity contribution >= 4 is 7.82 Å². The van der Waals surface area contributed by atoms with Crippen LogP contribution < -0.4 is 29.6 Å². The smallest absolute Gasteiger partial charge is 0.314 e. The molecule has 0 aromatic heterocycles. The summed E-state index contributed by atoms with van der Waals surface area (Å²) in [4.78, 5) is 21.6. The van der Waals surface area contributed by atoms with E-state index in [0.717, 1.165) is 0 Å². The Morgan fingerprint density at radius 2 is 1.38 bits per heavy atom. The minimum atomic E-state index is -4.64. The molecule has 0 spiro atoms. The van der Waals surface area contributed by atoms with Crippen molar-refractivity contribution < 1.29 is 48.8 Å². The summed E-state index contributed by atoms with van der Waals surface area (Å²) in [6, 6.07) is 0. The number of hydrogen-bond acceptors (Lipinski definition) is 1. The molecule has 6 heteroatoms. The van der Waals surface area contributed by atoms with E-state index in [2.05, 4.69) is 20.8 Å². The van der Waals surface area contributed by atoms with Crippen molar-refractivity contribution in [3.8, 4) is 0 Å². The monoisotopic (exact) mass is 262 g/mol. The van der Waals surface area contributed by atoms with Gasteiger partial charge in [0.15, 0.2) is 0 Å². The second-order valence-corrected chi connectivity index (χ2v) is 4.45. The Labute approximate surface area is 121 Å². The van der Waals surface area contributed by atoms with Crippen molar-refractivity contribution in [2.24, 2.45) is 0 Å². The molecule has 0 aromatic carbocycles. The molecule has 0 atom stereocenters. The maximum Gasteiger partial charge on any atom is 1.00 e. The van der Waals surface area contributed by atoms with Crippen molar-refractivity contribution in [1.29, 1.82) is 0 Å². The first-order valence-electron chi connectivity index (χ1n) is 5.46. The third kappa shape index (κ3) is 29.4. The molecule has 0 radical (unpaired) electrons. The zero-order valence-corrected chi connectivity index (χ0v) is 13.8. The molecular weight excluding hydrogens is 238 g/mol. The fourth-order valence-electron chi connectivity index (χ4n) is 1.23. The molecule has 0 rings (SSSR count). The summed E-state index contributed by atoms with van der Waals surface area (Å²) in [7, 11) is -4.64. The maximum atomic E-state index is 8.88. The molecule has 0 amide bonds. The van der Waals surface area contributed by atoms with Crippen LogP contribution >= 0.6 is 7.82 Å². The molecule has 0 bridgehead atoms. The van der Waals surface area contributed by atoms with Crippen molar-refractivity contribution in [2.75, 3.05) is 0 Å². The van der Waals surface area contributed by atoms with Gasteiger partial charge in [0, 0.05) is 0 Å². The first kappa shape index (κ1) is 22.3. The summed E-state index contributed by atoms with van der Waals surface area (Å²) in [6.45, 7) is 6.80. The summed E-state index contributed by atoms with van der Waals surface area (Å²) >= 11 is 0. The van der Waals surface area contributed by atoms with Crippen LogP contribution in [0.5, 0.6) is 0 Å². The average Bonchev–Trinajstić information content (AvgIpc) is 2.10. The third-order valence-electron chi connectivity index (χ3n) is 2.13. The van der Waals surface area contributed by atoms with Gasteiger partial charge in [0.2, 0.25) is 0 Å². The first-order chi connectivity index (χ1) is 6.85. The van der Waals surface area contributed by atoms with Crippen LogP contribution in [0.4, 0.5) is 0 Å². The van der Waals surface area contributed by atoms with E-state index in [1.165, 1.54) is 38.5 Å². The van der Waals surface area contributed by atoms with Crippen molar-refractivity contribution in [2.45, 2.75) is 59.3 Å². The zero-order chi connectivity index (χ0) is 12.3. The second-order valence-electron chi connectivity index (χ2n) is 3.43. The zero-order valence-electron chi connectivity index (χ0n) is 10.9. The van der Waals surface area contributed by atoms with Gasteiger partial charge in [-0.2, -0.15) is 19.3 Å². The average molecular weight is 262 g/mol. The van der Waals surface area contributed by atoms with Crippen LogP contribution in [-0.2, 0) is 4.57 Å². The Bertz CT molecular complexity index is 160. The molecule has 4 nitrogen and oxygen atoms in total. The molecule has 0 unspecified atom stereocenters. The van der Waals surface area contributed by atoms with Crippen LogP contribution in [0, 0.1) is 5.92 Å². The number of phosphoric acid groups is 1. The van der Waals surface area contributed by atoms with Gasteiger partial charge in [-0.15, -0.1) is 0 Å². The summed E-state index contributed by atoms with van der Waals surface area (Å²) in [5, 5.41) is 0. The Hall–Kier alpha value is 1.11. The molecule has 0 saturated heterocycles. The van der Waals surface area contributed by atoms with Gasteiger partial charge in [0.25, 0.3) is 0 Å². The predicted octanol–water partition coefficient (Wildman–Crippen LogP) is 0.0366. The molecule has 0 aliphatic carbocycles. The van der Waals surface area contributed by atoms with E-state index in [0.29, 0.717) is 0 Å². The van der Waals surface area contributed by atoms with Crippen LogP contribution in [0.25, 0.3) is 0 Å². The second kappa shape index (κ2) is 14.2. The van der Waals surface area contributed by atoms with Crippen LogP contribution in [0.2, 0.25) is 0 Å². The number of hydrogen-bond donors (Lipinski definition) is 3. The Balaban J connectivity index is -0.000000242. The van der Waals surface area contributed by atoms with Crippen molar-refractivity contribution in [3.63, 3.8) is 0 Å². The van der Waals surface area contributed by atoms with E-state index in [4.69, 9.17) is 19.2 Å². The molecule has 16 heavy (non-hydrogen) atoms. The van der Waals surface area contributed by atoms with Gasteiger partial charge in [-0.25, -0.2) is 4.57 Å². The Kier molecular flexibility index (Phi) is 19.8. The molecule has 0 heterocycles. The third-order valence-corrected chi connectivity index (χ3v) is 2.13. The van der Waals surface area contributed by atoms with Gasteiger partial charge >= 0.3 is 37.4 Å². The van der Waals surface area contributed by atoms with Crippen LogP contribution in [0.3, 0.4) is 0 Å². The molecule has 0 aliphatic rings. The van der Waals surface area contributed by atoms with Gasteiger partial charge in [-0.1, -0.05) is 40.0 Å². The van der Waals surface area contributed by atoms with Crippen molar-refractivity contribution in [3.05, 3.63) is 5.92 Å². The maximum absolute atomic E-state index is 8.88. The number of unbranched alkanes of at least 4 members (excludes halogenated alkanes) is 2. The summed E-state index contributed by atoms with van der Waals surface area (Å²) in [5.74, 6) is 1.74. The number of rotatable bonds is 6. The van der Waals surface area contributed by atoms with Crippen LogP contribution in [0.15, 0.2) is 0 Å². The summed E-state index contributed by atoms with van der Waals surface area (Å²) in [6.07, 6.45) is 8.12. The van der Waals surface area contributed by atoms with E-state index in [9.17, 15) is 0 Å². The van der Waals surface area contributed by atoms with Gasteiger partial charge in [0.05, 0.1) is 0 Å². The van der Waals surface area contributed by atoms with E-state index in [-0.39, 0.29) is 29.6 Å². The SMILES string of the molecule is CCCCC[C-](CC)CC.O=P(O)(O)O.[Na+]. The Morgan fingerprint density at radius 3 is 1.62 bits per heavy atom. The van der Waals surface area contributed by atoms with Gasteiger partial charge in [0.1, 0.15) is 0 Å². The normalized spacial score (nSPS) is 10.4. The molecule has 94 valence electrons. The van der Waals surface area contributed by atoms with E-state index >= 15 is 0 Å². The van der Waals surface area contributed by atoms with Gasteiger partial charge < -0.3 is 20.6 Å². The van der Waals surface area contributed by atoms with Crippen LogP contribution in [0.1, 0.15) is 59.3 Å². The Morgan fingerprint density at radius 1 is 1.00 bits per heavy atom. The summed E-state index contributed by atoms with van der Waals surface area (Å²) < 4.78 is 8.88.